The van der Waals surface area contributed by atoms with E-state index in [1.807, 2.05) is 24.7 Å². The summed E-state index contributed by atoms with van der Waals surface area (Å²) < 4.78 is 3.67. The van der Waals surface area contributed by atoms with Gasteiger partial charge in [0.25, 0.3) is 0 Å². The normalized spacial score (nSPS) is 48.8. The number of fused-ring (bicyclic) bond motifs is 14. The van der Waals surface area contributed by atoms with E-state index in [0.29, 0.717) is 83.1 Å². The molecule has 2 aromatic heterocycles. The van der Waals surface area contributed by atoms with Crippen LogP contribution in [0.25, 0.3) is 0 Å². The Kier molecular flexibility index (Phi) is 10.2. The van der Waals surface area contributed by atoms with Gasteiger partial charge in [-0.3, -0.25) is 19.0 Å². The van der Waals surface area contributed by atoms with Gasteiger partial charge in [0.2, 0.25) is 0 Å². The second-order valence-electron chi connectivity index (χ2n) is 27.3. The Morgan fingerprint density at radius 3 is 1.60 bits per heavy atom. The second kappa shape index (κ2) is 15.6. The lowest BCUT2D eigenvalue weighted by Gasteiger charge is -2.57. The van der Waals surface area contributed by atoms with Crippen LogP contribution in [0.2, 0.25) is 0 Å². The second-order valence-corrected chi connectivity index (χ2v) is 27.3. The van der Waals surface area contributed by atoms with Gasteiger partial charge >= 0.3 is 0 Å². The molecule has 10 nitrogen and oxygen atoms in total. The summed E-state index contributed by atoms with van der Waals surface area (Å²) in [5, 5.41) is 49.6. The van der Waals surface area contributed by atoms with E-state index in [0.717, 1.165) is 110 Å². The first kappa shape index (κ1) is 44.6. The highest BCUT2D eigenvalue weighted by Gasteiger charge is 2.72. The fraction of sp³-hybridized carbons (Fsp3) is 0.828. The molecule has 0 spiro atoms. The standard InChI is InChI=1S/2C29H39N3O2/c1-28(34)9-7-19-17(12-28)5-6-21-20(19)8-10-29(2)25(21)22-11-23(22)26(29)24(33)15-32-14-18(13-30)27(31-32)16-3-4-16;1-28(34)9-7-19-17(12-28)5-6-21-20(19)8-10-29(2)25(21)22-11-23(22)26(29)24(33)15-32-27(16-3-4-16)18(13-30)14-31-32/h2*14,16-17,19-23,25-26,34H,3-12,15H2,1-2H3/t2*17-,19+,20-,21-,22-,23+,25-,26-,28-,29+/m11/s1. The summed E-state index contributed by atoms with van der Waals surface area (Å²) in [6.45, 7) is 9.71. The Hall–Kier alpha value is -3.34. The minimum absolute atomic E-state index is 0.142. The number of hydrogen-bond acceptors (Lipinski definition) is 8. The number of ketones is 2. The molecule has 10 heteroatoms. The number of hydrogen-bond donors (Lipinski definition) is 2. The molecule has 2 aromatic rings. The average molecular weight is 923 g/mol. The molecule has 12 saturated carbocycles. The number of Topliss-reactive ketones (excluding diaryl/α,β-unsaturated/α-hetero) is 2. The smallest absolute Gasteiger partial charge is 0.158 e. The SMILES string of the molecule is C[C@@]1(O)CC[C@H]2[C@H](CC[C@@H]3[C@@H]2CC[C@@]2(C)[C@H]3[C@@H]3C[C@@H]3[C@@H]2C(=O)Cn2cc(C#N)c(C3CC3)n2)C1.C[C@@]1(O)CC[C@H]2[C@H](CC[C@@H]3[C@@H]2CC[C@@]2(C)[C@H]3[C@@H]3C[C@@H]3[C@@H]2C(=O)Cn2ncc(C#N)c2C2CC2)C1. The number of carbonyl (C=O) groups excluding carboxylic acids is 2. The molecular formula is C58H78N6O4. The van der Waals surface area contributed by atoms with Crippen LogP contribution in [-0.4, -0.2) is 52.5 Å². The van der Waals surface area contributed by atoms with E-state index in [4.69, 9.17) is 5.10 Å². The van der Waals surface area contributed by atoms with Crippen LogP contribution in [0, 0.1) is 128 Å². The van der Waals surface area contributed by atoms with Crippen LogP contribution in [-0.2, 0) is 22.7 Å². The highest BCUT2D eigenvalue weighted by atomic mass is 16.3. The predicted octanol–water partition coefficient (Wildman–Crippen LogP) is 10.2. The molecule has 12 aliphatic carbocycles. The van der Waals surface area contributed by atoms with Gasteiger partial charge in [-0.2, -0.15) is 20.7 Å². The molecule has 14 rings (SSSR count). The zero-order chi connectivity index (χ0) is 46.8. The molecule has 0 aliphatic heterocycles. The zero-order valence-corrected chi connectivity index (χ0v) is 41.5. The van der Waals surface area contributed by atoms with Crippen LogP contribution in [0.1, 0.15) is 190 Å². The molecule has 0 aromatic carbocycles. The summed E-state index contributed by atoms with van der Waals surface area (Å²) in [5.74, 6) is 12.3. The van der Waals surface area contributed by atoms with Gasteiger partial charge in [-0.1, -0.05) is 13.8 Å². The Morgan fingerprint density at radius 1 is 0.603 bits per heavy atom. The third-order valence-corrected chi connectivity index (χ3v) is 23.2. The number of rotatable bonds is 8. The number of nitriles is 2. The van der Waals surface area contributed by atoms with Crippen LogP contribution < -0.4 is 0 Å². The molecule has 0 radical (unpaired) electrons. The van der Waals surface area contributed by atoms with Crippen LogP contribution in [0.5, 0.6) is 0 Å². The fourth-order valence-corrected chi connectivity index (χ4v) is 20.5. The highest BCUT2D eigenvalue weighted by molar-refractivity contribution is 5.84. The number of aliphatic hydroxyl groups is 2. The summed E-state index contributed by atoms with van der Waals surface area (Å²) in [6.07, 6.45) is 26.9. The third-order valence-electron chi connectivity index (χ3n) is 23.2. The molecule has 12 fully saturated rings. The van der Waals surface area contributed by atoms with Crippen LogP contribution in [0.3, 0.4) is 0 Å². The summed E-state index contributed by atoms with van der Waals surface area (Å²) in [5.41, 5.74) is 2.63. The van der Waals surface area contributed by atoms with Gasteiger partial charge in [-0.05, 0) is 236 Å². The van der Waals surface area contributed by atoms with E-state index in [9.17, 15) is 30.3 Å². The molecule has 364 valence electrons. The highest BCUT2D eigenvalue weighted by Crippen LogP contribution is 2.76. The first-order valence-electron chi connectivity index (χ1n) is 28.0. The fourth-order valence-electron chi connectivity index (χ4n) is 20.5. The van der Waals surface area contributed by atoms with Gasteiger partial charge in [0.1, 0.15) is 18.7 Å². The van der Waals surface area contributed by atoms with Crippen LogP contribution >= 0.6 is 0 Å². The molecule has 2 heterocycles. The van der Waals surface area contributed by atoms with Crippen molar-refractivity contribution in [1.29, 1.82) is 10.5 Å². The summed E-state index contributed by atoms with van der Waals surface area (Å²) >= 11 is 0. The topological polar surface area (TPSA) is 158 Å². The summed E-state index contributed by atoms with van der Waals surface area (Å²) in [6, 6.07) is 4.60. The molecule has 0 bridgehead atoms. The predicted molar refractivity (Wildman–Crippen MR) is 255 cm³/mol. The third kappa shape index (κ3) is 7.06. The average Bonchev–Trinajstić information content (AvgIpc) is 4.16. The van der Waals surface area contributed by atoms with E-state index >= 15 is 0 Å². The van der Waals surface area contributed by atoms with Crippen LogP contribution in [0.4, 0.5) is 0 Å². The van der Waals surface area contributed by atoms with E-state index < -0.39 is 11.2 Å². The number of carbonyl (C=O) groups is 2. The Bertz CT molecular complexity index is 2450. The maximum Gasteiger partial charge on any atom is 0.158 e. The van der Waals surface area contributed by atoms with Crippen molar-refractivity contribution in [3.8, 4) is 12.1 Å². The molecule has 0 unspecified atom stereocenters. The van der Waals surface area contributed by atoms with Gasteiger partial charge < -0.3 is 10.2 Å². The summed E-state index contributed by atoms with van der Waals surface area (Å²) in [4.78, 5) is 27.7. The van der Waals surface area contributed by atoms with Crippen LogP contribution in [0.15, 0.2) is 12.4 Å². The van der Waals surface area contributed by atoms with Crippen molar-refractivity contribution in [2.45, 2.75) is 192 Å². The Morgan fingerprint density at radius 2 is 1.10 bits per heavy atom. The Labute approximate surface area is 404 Å². The van der Waals surface area contributed by atoms with E-state index in [-0.39, 0.29) is 22.7 Å². The largest absolute Gasteiger partial charge is 0.390 e. The van der Waals surface area contributed by atoms with Crippen molar-refractivity contribution in [2.24, 2.45) is 106 Å². The van der Waals surface area contributed by atoms with Crippen molar-refractivity contribution in [3.63, 3.8) is 0 Å². The zero-order valence-electron chi connectivity index (χ0n) is 41.5. The van der Waals surface area contributed by atoms with Gasteiger partial charge in [-0.15, -0.1) is 0 Å². The lowest BCUT2D eigenvalue weighted by atomic mass is 9.48. The van der Waals surface area contributed by atoms with Crippen molar-refractivity contribution in [3.05, 3.63) is 34.9 Å². The maximum atomic E-state index is 13.9. The van der Waals surface area contributed by atoms with Gasteiger partial charge in [0, 0.05) is 29.9 Å². The van der Waals surface area contributed by atoms with E-state index in [2.05, 4.69) is 31.1 Å². The molecule has 0 saturated heterocycles. The van der Waals surface area contributed by atoms with Gasteiger partial charge in [-0.25, -0.2) is 0 Å². The first-order chi connectivity index (χ1) is 32.6. The van der Waals surface area contributed by atoms with Crippen molar-refractivity contribution >= 4 is 11.6 Å². The number of aromatic nitrogens is 4. The Balaban J connectivity index is 0.000000134. The first-order valence-corrected chi connectivity index (χ1v) is 28.0. The molecular weight excluding hydrogens is 845 g/mol. The monoisotopic (exact) mass is 923 g/mol. The van der Waals surface area contributed by atoms with E-state index in [1.165, 1.54) is 77.0 Å². The molecule has 20 atom stereocenters. The summed E-state index contributed by atoms with van der Waals surface area (Å²) in [7, 11) is 0. The van der Waals surface area contributed by atoms with Crippen molar-refractivity contribution in [2.75, 3.05) is 0 Å². The minimum Gasteiger partial charge on any atom is -0.390 e. The lowest BCUT2D eigenvalue weighted by Crippen LogP contribution is -2.52. The quantitative estimate of drug-likeness (QED) is 0.265. The van der Waals surface area contributed by atoms with E-state index in [1.54, 1.807) is 10.9 Å². The minimum atomic E-state index is -0.457. The van der Waals surface area contributed by atoms with Gasteiger partial charge in [0.15, 0.2) is 11.6 Å². The van der Waals surface area contributed by atoms with Crippen molar-refractivity contribution < 1.29 is 19.8 Å². The van der Waals surface area contributed by atoms with Crippen molar-refractivity contribution in [1.82, 2.24) is 19.6 Å². The molecule has 2 N–H and O–H groups in total. The lowest BCUT2D eigenvalue weighted by molar-refractivity contribution is -0.137. The van der Waals surface area contributed by atoms with Gasteiger partial charge in [0.05, 0.1) is 46.5 Å². The number of nitrogens with zero attached hydrogens (tertiary/aromatic N) is 6. The molecule has 68 heavy (non-hydrogen) atoms. The molecule has 0 amide bonds. The maximum absolute atomic E-state index is 13.9. The molecule has 12 aliphatic rings.